The molecule has 1 aromatic heterocycles. The Kier molecular flexibility index (Phi) is 3.74. The van der Waals surface area contributed by atoms with Gasteiger partial charge in [0.25, 0.3) is 0 Å². The highest BCUT2D eigenvalue weighted by Crippen LogP contribution is 2.22. The highest BCUT2D eigenvalue weighted by atomic mass is 32.2. The molecule has 1 atom stereocenters. The van der Waals surface area contributed by atoms with E-state index in [1.54, 1.807) is 18.1 Å². The Labute approximate surface area is 91.3 Å². The molecule has 0 aliphatic heterocycles. The second kappa shape index (κ2) is 5.06. The van der Waals surface area contributed by atoms with Gasteiger partial charge in [-0.1, -0.05) is 11.8 Å². The number of nitrogens with zero attached hydrogens (tertiary/aromatic N) is 2. The summed E-state index contributed by atoms with van der Waals surface area (Å²) in [6.45, 7) is 0.197. The summed E-state index contributed by atoms with van der Waals surface area (Å²) in [4.78, 5) is 4.08. The molecule has 1 heterocycles. The molecule has 1 aromatic rings. The molecule has 2 N–H and O–H groups in total. The summed E-state index contributed by atoms with van der Waals surface area (Å²) >= 11 is 3.05. The smallest absolute Gasteiger partial charge is 0.169 e. The third kappa shape index (κ3) is 3.20. The van der Waals surface area contributed by atoms with Crippen molar-refractivity contribution in [2.45, 2.75) is 29.3 Å². The van der Waals surface area contributed by atoms with Crippen molar-refractivity contribution in [3.05, 3.63) is 6.33 Å². The van der Waals surface area contributed by atoms with Crippen molar-refractivity contribution >= 4 is 23.3 Å². The van der Waals surface area contributed by atoms with Crippen molar-refractivity contribution in [3.63, 3.8) is 0 Å². The van der Waals surface area contributed by atoms with Gasteiger partial charge < -0.3 is 10.4 Å². The lowest BCUT2D eigenvalue weighted by atomic mass is 10.3. The first-order valence-corrected chi connectivity index (χ1v) is 6.41. The molecule has 14 heavy (non-hydrogen) atoms. The van der Waals surface area contributed by atoms with E-state index < -0.39 is 0 Å². The molecule has 0 amide bonds. The predicted molar refractivity (Wildman–Crippen MR) is 57.7 cm³/mol. The van der Waals surface area contributed by atoms with Crippen LogP contribution >= 0.6 is 23.3 Å². The van der Waals surface area contributed by atoms with Gasteiger partial charge in [0.05, 0.1) is 6.61 Å². The molecule has 1 fully saturated rings. The van der Waals surface area contributed by atoms with Gasteiger partial charge in [-0.3, -0.25) is 0 Å². The Bertz CT molecular complexity index is 264. The predicted octanol–water partition coefficient (Wildman–Crippen LogP) is 0.743. The van der Waals surface area contributed by atoms with E-state index >= 15 is 0 Å². The molecular formula is C8H13N3OS2. The van der Waals surface area contributed by atoms with Gasteiger partial charge in [-0.2, -0.15) is 4.37 Å². The lowest BCUT2D eigenvalue weighted by molar-refractivity contribution is 0.253. The second-order valence-electron chi connectivity index (χ2n) is 3.34. The molecule has 0 saturated heterocycles. The lowest BCUT2D eigenvalue weighted by Gasteiger charge is -2.13. The normalized spacial score (nSPS) is 18.4. The monoisotopic (exact) mass is 231 g/mol. The quantitative estimate of drug-likeness (QED) is 0.707. The minimum Gasteiger partial charge on any atom is -0.395 e. The maximum Gasteiger partial charge on any atom is 0.169 e. The topological polar surface area (TPSA) is 58.0 Å². The first kappa shape index (κ1) is 10.4. The van der Waals surface area contributed by atoms with Crippen LogP contribution in [0, 0.1) is 0 Å². The van der Waals surface area contributed by atoms with Crippen LogP contribution in [0.1, 0.15) is 12.8 Å². The average molecular weight is 231 g/mol. The Hall–Kier alpha value is -0.170. The van der Waals surface area contributed by atoms with E-state index in [4.69, 9.17) is 5.11 Å². The molecule has 4 nitrogen and oxygen atoms in total. The summed E-state index contributed by atoms with van der Waals surface area (Å²) < 4.78 is 4.90. The van der Waals surface area contributed by atoms with E-state index in [9.17, 15) is 0 Å². The van der Waals surface area contributed by atoms with Gasteiger partial charge >= 0.3 is 0 Å². The maximum atomic E-state index is 9.12. The first-order chi connectivity index (χ1) is 6.88. The average Bonchev–Trinajstić information content (AvgIpc) is 2.86. The summed E-state index contributed by atoms with van der Waals surface area (Å²) in [5, 5.41) is 12.5. The van der Waals surface area contributed by atoms with Crippen LogP contribution in [0.15, 0.2) is 10.7 Å². The van der Waals surface area contributed by atoms with Crippen molar-refractivity contribution < 1.29 is 5.11 Å². The first-order valence-electron chi connectivity index (χ1n) is 4.65. The van der Waals surface area contributed by atoms with E-state index in [2.05, 4.69) is 14.7 Å². The number of hydrogen-bond donors (Lipinski definition) is 2. The van der Waals surface area contributed by atoms with Crippen molar-refractivity contribution in [1.29, 1.82) is 0 Å². The number of aromatic nitrogens is 2. The molecule has 2 rings (SSSR count). The fourth-order valence-corrected chi connectivity index (χ4v) is 2.63. The maximum absolute atomic E-state index is 9.12. The number of thioether (sulfide) groups is 1. The van der Waals surface area contributed by atoms with E-state index in [1.807, 2.05) is 0 Å². The number of nitrogens with one attached hydrogen (secondary N) is 1. The zero-order valence-electron chi connectivity index (χ0n) is 7.72. The SMILES string of the molecule is OCC(CSc1ncns1)NC1CC1. The molecule has 1 aliphatic rings. The molecule has 0 bridgehead atoms. The molecule has 6 heteroatoms. The van der Waals surface area contributed by atoms with Crippen LogP contribution in [0.25, 0.3) is 0 Å². The lowest BCUT2D eigenvalue weighted by Crippen LogP contribution is -2.36. The fraction of sp³-hybridized carbons (Fsp3) is 0.750. The molecule has 1 unspecified atom stereocenters. The largest absolute Gasteiger partial charge is 0.395 e. The van der Waals surface area contributed by atoms with E-state index in [-0.39, 0.29) is 12.6 Å². The van der Waals surface area contributed by atoms with Crippen LogP contribution in [0.3, 0.4) is 0 Å². The number of rotatable bonds is 6. The molecule has 78 valence electrons. The molecule has 0 radical (unpaired) electrons. The van der Waals surface area contributed by atoms with Crippen LogP contribution in [0.4, 0.5) is 0 Å². The third-order valence-electron chi connectivity index (χ3n) is 2.02. The second-order valence-corrected chi connectivity index (χ2v) is 5.39. The van der Waals surface area contributed by atoms with E-state index in [0.717, 1.165) is 10.1 Å². The minimum atomic E-state index is 0.191. The summed E-state index contributed by atoms with van der Waals surface area (Å²) in [5.74, 6) is 0.863. The molecule has 1 saturated carbocycles. The fourth-order valence-electron chi connectivity index (χ4n) is 1.14. The molecular weight excluding hydrogens is 218 g/mol. The van der Waals surface area contributed by atoms with Gasteiger partial charge in [-0.25, -0.2) is 4.98 Å². The van der Waals surface area contributed by atoms with Gasteiger partial charge in [0.2, 0.25) is 0 Å². The van der Waals surface area contributed by atoms with Crippen LogP contribution in [-0.4, -0.2) is 38.9 Å². The van der Waals surface area contributed by atoms with Crippen LogP contribution in [0.2, 0.25) is 0 Å². The van der Waals surface area contributed by atoms with Crippen LogP contribution < -0.4 is 5.32 Å². The molecule has 0 spiro atoms. The summed E-state index contributed by atoms with van der Waals surface area (Å²) in [6, 6.07) is 0.832. The molecule has 1 aliphatic carbocycles. The number of aliphatic hydroxyl groups excluding tert-OH is 1. The molecule has 0 aromatic carbocycles. The van der Waals surface area contributed by atoms with Crippen molar-refractivity contribution in [2.75, 3.05) is 12.4 Å². The zero-order valence-corrected chi connectivity index (χ0v) is 9.35. The van der Waals surface area contributed by atoms with E-state index in [1.165, 1.54) is 24.4 Å². The Morgan fingerprint density at radius 1 is 1.71 bits per heavy atom. The highest BCUT2D eigenvalue weighted by molar-refractivity contribution is 8.00. The highest BCUT2D eigenvalue weighted by Gasteiger charge is 2.24. The Morgan fingerprint density at radius 2 is 2.57 bits per heavy atom. The van der Waals surface area contributed by atoms with Crippen molar-refractivity contribution in [3.8, 4) is 0 Å². The standard InChI is InChI=1S/C8H13N3OS2/c12-3-7(11-6-1-2-6)4-13-8-9-5-10-14-8/h5-7,11-12H,1-4H2. The van der Waals surface area contributed by atoms with Crippen LogP contribution in [0.5, 0.6) is 0 Å². The Balaban J connectivity index is 1.71. The Morgan fingerprint density at radius 3 is 3.14 bits per heavy atom. The summed E-state index contributed by atoms with van der Waals surface area (Å²) in [6.07, 6.45) is 4.06. The van der Waals surface area contributed by atoms with Gasteiger partial charge in [0.1, 0.15) is 6.33 Å². The van der Waals surface area contributed by atoms with Gasteiger partial charge in [0, 0.05) is 17.8 Å². The minimum absolute atomic E-state index is 0.191. The van der Waals surface area contributed by atoms with Gasteiger partial charge in [-0.15, -0.1) is 0 Å². The van der Waals surface area contributed by atoms with Crippen molar-refractivity contribution in [1.82, 2.24) is 14.7 Å². The van der Waals surface area contributed by atoms with Gasteiger partial charge in [0.15, 0.2) is 4.34 Å². The number of aliphatic hydroxyl groups is 1. The third-order valence-corrected chi connectivity index (χ3v) is 3.98. The van der Waals surface area contributed by atoms with E-state index in [0.29, 0.717) is 6.04 Å². The van der Waals surface area contributed by atoms with Crippen molar-refractivity contribution in [2.24, 2.45) is 0 Å². The summed E-state index contributed by atoms with van der Waals surface area (Å²) in [7, 11) is 0. The summed E-state index contributed by atoms with van der Waals surface area (Å²) in [5.41, 5.74) is 0. The number of hydrogen-bond acceptors (Lipinski definition) is 6. The van der Waals surface area contributed by atoms with Gasteiger partial charge in [-0.05, 0) is 24.4 Å². The zero-order chi connectivity index (χ0) is 9.80. The van der Waals surface area contributed by atoms with Crippen LogP contribution in [-0.2, 0) is 0 Å².